The molecule has 0 bridgehead atoms. The van der Waals surface area contributed by atoms with Gasteiger partial charge in [-0.25, -0.2) is 0 Å². The van der Waals surface area contributed by atoms with Crippen LogP contribution in [0, 0.1) is 0 Å². The van der Waals surface area contributed by atoms with Gasteiger partial charge in [0.25, 0.3) is 0 Å². The zero-order valence-corrected chi connectivity index (χ0v) is 11.1. The van der Waals surface area contributed by atoms with Gasteiger partial charge >= 0.3 is 0 Å². The van der Waals surface area contributed by atoms with Gasteiger partial charge in [0.2, 0.25) is 0 Å². The summed E-state index contributed by atoms with van der Waals surface area (Å²) in [5.41, 5.74) is 0.957. The number of ketones is 1. The van der Waals surface area contributed by atoms with Crippen LogP contribution in [0.2, 0.25) is 0 Å². The highest BCUT2D eigenvalue weighted by Gasteiger charge is 2.26. The van der Waals surface area contributed by atoms with Crippen LogP contribution in [0.5, 0.6) is 0 Å². The Bertz CT molecular complexity index is 401. The minimum absolute atomic E-state index is 0.156. The lowest BCUT2D eigenvalue weighted by Gasteiger charge is -2.31. The van der Waals surface area contributed by atoms with Crippen LogP contribution in [0.1, 0.15) is 18.9 Å². The first-order valence-corrected chi connectivity index (χ1v) is 6.53. The number of rotatable bonds is 5. The van der Waals surface area contributed by atoms with Crippen molar-refractivity contribution < 1.29 is 9.53 Å². The molecule has 1 atom stereocenters. The van der Waals surface area contributed by atoms with E-state index < -0.39 is 0 Å². The van der Waals surface area contributed by atoms with Crippen molar-refractivity contribution in [2.24, 2.45) is 7.05 Å². The highest BCUT2D eigenvalue weighted by Crippen LogP contribution is 2.10. The van der Waals surface area contributed by atoms with Gasteiger partial charge in [-0.3, -0.25) is 14.4 Å². The zero-order valence-electron chi connectivity index (χ0n) is 11.1. The molecule has 18 heavy (non-hydrogen) atoms. The van der Waals surface area contributed by atoms with Crippen LogP contribution in [-0.2, 0) is 23.0 Å². The molecule has 1 aromatic heterocycles. The van der Waals surface area contributed by atoms with Crippen molar-refractivity contribution in [3.8, 4) is 0 Å². The second kappa shape index (κ2) is 6.11. The molecule has 0 spiro atoms. The van der Waals surface area contributed by atoms with Gasteiger partial charge < -0.3 is 4.74 Å². The molecule has 0 aromatic carbocycles. The summed E-state index contributed by atoms with van der Waals surface area (Å²) in [5, 5.41) is 4.07. The first kappa shape index (κ1) is 13.2. The van der Waals surface area contributed by atoms with Crippen molar-refractivity contribution in [2.75, 3.05) is 26.2 Å². The lowest BCUT2D eigenvalue weighted by molar-refractivity contribution is -0.135. The fourth-order valence-electron chi connectivity index (χ4n) is 2.29. The molecule has 0 aliphatic carbocycles. The Morgan fingerprint density at radius 1 is 1.61 bits per heavy atom. The maximum absolute atomic E-state index is 12.1. The molecule has 0 N–H and O–H groups in total. The number of hydrogen-bond donors (Lipinski definition) is 0. The number of aromatic nitrogens is 2. The summed E-state index contributed by atoms with van der Waals surface area (Å²) in [6.07, 6.45) is 4.88. The molecular weight excluding hydrogens is 230 g/mol. The average molecular weight is 251 g/mol. The highest BCUT2D eigenvalue weighted by atomic mass is 16.5. The van der Waals surface area contributed by atoms with Crippen LogP contribution >= 0.6 is 0 Å². The predicted molar refractivity (Wildman–Crippen MR) is 68.4 cm³/mol. The average Bonchev–Trinajstić information content (AvgIpc) is 2.75. The first-order chi connectivity index (χ1) is 8.69. The molecule has 2 rings (SSSR count). The Balaban J connectivity index is 1.88. The normalized spacial score (nSPS) is 21.1. The van der Waals surface area contributed by atoms with E-state index in [2.05, 4.69) is 16.9 Å². The third-order valence-corrected chi connectivity index (χ3v) is 3.19. The van der Waals surface area contributed by atoms with E-state index in [1.165, 1.54) is 0 Å². The Hall–Kier alpha value is -1.20. The Morgan fingerprint density at radius 2 is 2.44 bits per heavy atom. The van der Waals surface area contributed by atoms with Gasteiger partial charge in [0.15, 0.2) is 5.78 Å². The summed E-state index contributed by atoms with van der Waals surface area (Å²) < 4.78 is 7.29. The molecule has 0 saturated carbocycles. The minimum atomic E-state index is -0.273. The van der Waals surface area contributed by atoms with E-state index in [1.807, 2.05) is 13.2 Å². The molecule has 1 unspecified atom stereocenters. The van der Waals surface area contributed by atoms with Crippen molar-refractivity contribution in [1.29, 1.82) is 0 Å². The second-order valence-corrected chi connectivity index (χ2v) is 4.83. The van der Waals surface area contributed by atoms with Crippen molar-refractivity contribution in [2.45, 2.75) is 25.9 Å². The third-order valence-electron chi connectivity index (χ3n) is 3.19. The van der Waals surface area contributed by atoms with Crippen molar-refractivity contribution >= 4 is 5.78 Å². The van der Waals surface area contributed by atoms with Gasteiger partial charge in [-0.05, 0) is 18.5 Å². The summed E-state index contributed by atoms with van der Waals surface area (Å²) >= 11 is 0. The Labute approximate surface area is 108 Å². The first-order valence-electron chi connectivity index (χ1n) is 6.53. The Kier molecular flexibility index (Phi) is 4.49. The number of carbonyl (C=O) groups is 1. The molecule has 1 aliphatic rings. The van der Waals surface area contributed by atoms with Gasteiger partial charge in [0.1, 0.15) is 6.10 Å². The number of hydrogen-bond acceptors (Lipinski definition) is 4. The maximum atomic E-state index is 12.1. The molecule has 1 fully saturated rings. The summed E-state index contributed by atoms with van der Waals surface area (Å²) in [5.74, 6) is 0.156. The number of ether oxygens (including phenoxy) is 1. The largest absolute Gasteiger partial charge is 0.368 e. The van der Waals surface area contributed by atoms with E-state index >= 15 is 0 Å². The quantitative estimate of drug-likeness (QED) is 0.770. The SMILES string of the molecule is CCCN1CCOC(C(=O)Cc2cnn(C)c2)C1. The van der Waals surface area contributed by atoms with Crippen LogP contribution < -0.4 is 0 Å². The monoisotopic (exact) mass is 251 g/mol. The van der Waals surface area contributed by atoms with E-state index in [-0.39, 0.29) is 11.9 Å². The smallest absolute Gasteiger partial charge is 0.167 e. The van der Waals surface area contributed by atoms with E-state index in [0.29, 0.717) is 13.0 Å². The van der Waals surface area contributed by atoms with Gasteiger partial charge in [0.05, 0.1) is 12.8 Å². The predicted octanol–water partition coefficient (Wildman–Crippen LogP) is 0.642. The number of morpholine rings is 1. The van der Waals surface area contributed by atoms with Crippen LogP contribution in [0.25, 0.3) is 0 Å². The van der Waals surface area contributed by atoms with Crippen LogP contribution in [0.3, 0.4) is 0 Å². The van der Waals surface area contributed by atoms with Crippen molar-refractivity contribution in [3.05, 3.63) is 18.0 Å². The summed E-state index contributed by atoms with van der Waals surface area (Å²) in [6.45, 7) is 5.52. The molecule has 2 heterocycles. The summed E-state index contributed by atoms with van der Waals surface area (Å²) in [7, 11) is 1.86. The molecule has 5 nitrogen and oxygen atoms in total. The lowest BCUT2D eigenvalue weighted by Crippen LogP contribution is -2.46. The molecule has 1 aliphatic heterocycles. The number of carbonyl (C=O) groups excluding carboxylic acids is 1. The molecule has 1 aromatic rings. The topological polar surface area (TPSA) is 47.4 Å². The van der Waals surface area contributed by atoms with Crippen LogP contribution in [0.15, 0.2) is 12.4 Å². The van der Waals surface area contributed by atoms with E-state index in [1.54, 1.807) is 10.9 Å². The molecular formula is C13H21N3O2. The summed E-state index contributed by atoms with van der Waals surface area (Å²) in [6, 6.07) is 0. The standard InChI is InChI=1S/C13H21N3O2/c1-3-4-16-5-6-18-13(10-16)12(17)7-11-8-14-15(2)9-11/h8-9,13H,3-7,10H2,1-2H3. The molecule has 5 heteroatoms. The maximum Gasteiger partial charge on any atom is 0.167 e. The lowest BCUT2D eigenvalue weighted by atomic mass is 10.1. The van der Waals surface area contributed by atoms with Crippen LogP contribution in [-0.4, -0.2) is 52.8 Å². The second-order valence-electron chi connectivity index (χ2n) is 4.83. The number of nitrogens with zero attached hydrogens (tertiary/aromatic N) is 3. The zero-order chi connectivity index (χ0) is 13.0. The number of aryl methyl sites for hydroxylation is 1. The molecule has 100 valence electrons. The third kappa shape index (κ3) is 3.40. The summed E-state index contributed by atoms with van der Waals surface area (Å²) in [4.78, 5) is 14.4. The van der Waals surface area contributed by atoms with E-state index in [4.69, 9.17) is 4.74 Å². The Morgan fingerprint density at radius 3 is 3.11 bits per heavy atom. The highest BCUT2D eigenvalue weighted by molar-refractivity contribution is 5.85. The van der Waals surface area contributed by atoms with E-state index in [0.717, 1.165) is 31.6 Å². The van der Waals surface area contributed by atoms with E-state index in [9.17, 15) is 4.79 Å². The fourth-order valence-corrected chi connectivity index (χ4v) is 2.29. The van der Waals surface area contributed by atoms with Gasteiger partial charge in [-0.15, -0.1) is 0 Å². The fraction of sp³-hybridized carbons (Fsp3) is 0.692. The van der Waals surface area contributed by atoms with Gasteiger partial charge in [-0.1, -0.05) is 6.92 Å². The molecule has 0 amide bonds. The van der Waals surface area contributed by atoms with Gasteiger partial charge in [0, 0.05) is 32.8 Å². The van der Waals surface area contributed by atoms with Crippen molar-refractivity contribution in [1.82, 2.24) is 14.7 Å². The molecule has 1 saturated heterocycles. The molecule has 0 radical (unpaired) electrons. The number of Topliss-reactive ketones (excluding diaryl/α,β-unsaturated/α-hetero) is 1. The minimum Gasteiger partial charge on any atom is -0.368 e. The van der Waals surface area contributed by atoms with Gasteiger partial charge in [-0.2, -0.15) is 5.10 Å². The van der Waals surface area contributed by atoms with Crippen molar-refractivity contribution in [3.63, 3.8) is 0 Å². The van der Waals surface area contributed by atoms with Crippen LogP contribution in [0.4, 0.5) is 0 Å².